The number of hydrogen-bond donors (Lipinski definition) is 2. The number of carboxylic acids is 1. The molecule has 0 aromatic carbocycles. The summed E-state index contributed by atoms with van der Waals surface area (Å²) in [6.45, 7) is 8.25. The van der Waals surface area contributed by atoms with E-state index in [0.717, 1.165) is 12.8 Å². The molecule has 1 aliphatic carbocycles. The highest BCUT2D eigenvalue weighted by Crippen LogP contribution is 2.27. The first-order chi connectivity index (χ1) is 8.45. The average Bonchev–Trinajstić information content (AvgIpc) is 3.08. The molecule has 0 heterocycles. The molecule has 5 nitrogen and oxygen atoms in total. The van der Waals surface area contributed by atoms with Gasteiger partial charge in [-0.3, -0.25) is 0 Å². The van der Waals surface area contributed by atoms with Crippen LogP contribution in [0.3, 0.4) is 0 Å². The fourth-order valence-corrected chi connectivity index (χ4v) is 1.80. The molecule has 0 aliphatic heterocycles. The fraction of sp³-hybridized carbons (Fsp3) is 0.692. The summed E-state index contributed by atoms with van der Waals surface area (Å²) in [6, 6.07) is -0.880. The van der Waals surface area contributed by atoms with Gasteiger partial charge in [0, 0.05) is 12.6 Å². The summed E-state index contributed by atoms with van der Waals surface area (Å²) in [5.74, 6) is -0.650. The fourth-order valence-electron chi connectivity index (χ4n) is 1.80. The molecular weight excluding hydrogens is 232 g/mol. The minimum absolute atomic E-state index is 0.237. The van der Waals surface area contributed by atoms with Gasteiger partial charge in [0.2, 0.25) is 0 Å². The zero-order valence-corrected chi connectivity index (χ0v) is 11.1. The number of hydrogen-bond acceptors (Lipinski definition) is 2. The zero-order chi connectivity index (χ0) is 13.7. The number of nitrogens with one attached hydrogen (secondary N) is 1. The number of carboxylic acid groups (broad SMARTS) is 1. The second-order valence-corrected chi connectivity index (χ2v) is 5.14. The van der Waals surface area contributed by atoms with Gasteiger partial charge in [0.25, 0.3) is 0 Å². The average molecular weight is 254 g/mol. The summed E-state index contributed by atoms with van der Waals surface area (Å²) < 4.78 is 0. The van der Waals surface area contributed by atoms with Gasteiger partial charge in [-0.15, -0.1) is 6.58 Å². The number of aliphatic carboxylic acids is 1. The van der Waals surface area contributed by atoms with Crippen molar-refractivity contribution in [2.75, 3.05) is 6.54 Å². The standard InChI is InChI=1S/C13H22N2O3/c1-4-5-11(12(16)17)14-13(18)15(8-9(2)3)10-6-7-10/h4,9-11H,1,5-8H2,2-3H3,(H,14,18)(H,16,17). The quantitative estimate of drug-likeness (QED) is 0.681. The molecular formula is C13H22N2O3. The Morgan fingerprint density at radius 3 is 2.50 bits per heavy atom. The van der Waals surface area contributed by atoms with Crippen LogP contribution in [-0.4, -0.2) is 40.6 Å². The third-order valence-corrected chi connectivity index (χ3v) is 2.81. The van der Waals surface area contributed by atoms with Crippen molar-refractivity contribution in [3.8, 4) is 0 Å². The number of rotatable bonds is 7. The normalized spacial score (nSPS) is 16.2. The van der Waals surface area contributed by atoms with E-state index in [2.05, 4.69) is 11.9 Å². The number of carbonyl (C=O) groups excluding carboxylic acids is 1. The van der Waals surface area contributed by atoms with Crippen LogP contribution in [0, 0.1) is 5.92 Å². The van der Waals surface area contributed by atoms with E-state index in [0.29, 0.717) is 12.5 Å². The van der Waals surface area contributed by atoms with Gasteiger partial charge in [-0.1, -0.05) is 19.9 Å². The van der Waals surface area contributed by atoms with Gasteiger partial charge in [0.15, 0.2) is 0 Å². The van der Waals surface area contributed by atoms with Crippen LogP contribution in [0.25, 0.3) is 0 Å². The predicted molar refractivity (Wildman–Crippen MR) is 69.3 cm³/mol. The largest absolute Gasteiger partial charge is 0.480 e. The maximum absolute atomic E-state index is 12.1. The molecule has 0 bridgehead atoms. The maximum Gasteiger partial charge on any atom is 0.326 e. The Bertz CT molecular complexity index is 324. The smallest absolute Gasteiger partial charge is 0.326 e. The molecule has 0 radical (unpaired) electrons. The lowest BCUT2D eigenvalue weighted by Gasteiger charge is -2.26. The van der Waals surface area contributed by atoms with Crippen LogP contribution < -0.4 is 5.32 Å². The van der Waals surface area contributed by atoms with E-state index in [1.165, 1.54) is 6.08 Å². The molecule has 1 atom stereocenters. The van der Waals surface area contributed by atoms with E-state index in [1.54, 1.807) is 4.90 Å². The van der Waals surface area contributed by atoms with Crippen LogP contribution in [0.15, 0.2) is 12.7 Å². The first-order valence-corrected chi connectivity index (χ1v) is 6.36. The minimum atomic E-state index is -1.02. The molecule has 0 aromatic heterocycles. The number of carbonyl (C=O) groups is 2. The van der Waals surface area contributed by atoms with E-state index >= 15 is 0 Å². The predicted octanol–water partition coefficient (Wildman–Crippen LogP) is 1.85. The van der Waals surface area contributed by atoms with E-state index in [9.17, 15) is 9.59 Å². The van der Waals surface area contributed by atoms with Crippen LogP contribution in [0.4, 0.5) is 4.79 Å². The first kappa shape index (κ1) is 14.5. The van der Waals surface area contributed by atoms with Gasteiger partial charge in [0.1, 0.15) is 6.04 Å². The van der Waals surface area contributed by atoms with E-state index in [-0.39, 0.29) is 18.5 Å². The SMILES string of the molecule is C=CCC(NC(=O)N(CC(C)C)C1CC1)C(=O)O. The summed E-state index contributed by atoms with van der Waals surface area (Å²) in [7, 11) is 0. The summed E-state index contributed by atoms with van der Waals surface area (Å²) >= 11 is 0. The molecule has 1 unspecified atom stereocenters. The van der Waals surface area contributed by atoms with Gasteiger partial charge in [-0.05, 0) is 25.2 Å². The monoisotopic (exact) mass is 254 g/mol. The van der Waals surface area contributed by atoms with Crippen molar-refractivity contribution >= 4 is 12.0 Å². The van der Waals surface area contributed by atoms with Crippen molar-refractivity contribution in [1.82, 2.24) is 10.2 Å². The molecule has 1 saturated carbocycles. The molecule has 0 spiro atoms. The lowest BCUT2D eigenvalue weighted by Crippen LogP contribution is -2.49. The molecule has 1 fully saturated rings. The molecule has 102 valence electrons. The summed E-state index contributed by atoms with van der Waals surface area (Å²) in [5, 5.41) is 11.6. The molecule has 18 heavy (non-hydrogen) atoms. The van der Waals surface area contributed by atoms with Crippen LogP contribution in [0.1, 0.15) is 33.1 Å². The Morgan fingerprint density at radius 2 is 2.11 bits per heavy atom. The van der Waals surface area contributed by atoms with Gasteiger partial charge < -0.3 is 15.3 Å². The summed E-state index contributed by atoms with van der Waals surface area (Å²) in [4.78, 5) is 24.8. The number of nitrogens with zero attached hydrogens (tertiary/aromatic N) is 1. The van der Waals surface area contributed by atoms with Crippen LogP contribution >= 0.6 is 0 Å². The highest BCUT2D eigenvalue weighted by Gasteiger charge is 2.34. The van der Waals surface area contributed by atoms with Crippen molar-refractivity contribution in [2.45, 2.75) is 45.2 Å². The third kappa shape index (κ3) is 4.39. The molecule has 0 aromatic rings. The molecule has 1 rings (SSSR count). The van der Waals surface area contributed by atoms with Crippen LogP contribution in [0.2, 0.25) is 0 Å². The highest BCUT2D eigenvalue weighted by atomic mass is 16.4. The first-order valence-electron chi connectivity index (χ1n) is 6.36. The summed E-state index contributed by atoms with van der Waals surface area (Å²) in [6.07, 6.45) is 3.77. The topological polar surface area (TPSA) is 69.6 Å². The Hall–Kier alpha value is -1.52. The van der Waals surface area contributed by atoms with Crippen molar-refractivity contribution in [2.24, 2.45) is 5.92 Å². The number of amides is 2. The summed E-state index contributed by atoms with van der Waals surface area (Å²) in [5.41, 5.74) is 0. The van der Waals surface area contributed by atoms with Crippen LogP contribution in [0.5, 0.6) is 0 Å². The van der Waals surface area contributed by atoms with Crippen molar-refractivity contribution < 1.29 is 14.7 Å². The Labute approximate surface area is 108 Å². The Kier molecular flexibility index (Phi) is 5.19. The van der Waals surface area contributed by atoms with Crippen LogP contribution in [-0.2, 0) is 4.79 Å². The molecule has 0 saturated heterocycles. The Morgan fingerprint density at radius 1 is 1.50 bits per heavy atom. The third-order valence-electron chi connectivity index (χ3n) is 2.81. The molecule has 1 aliphatic rings. The molecule has 5 heteroatoms. The Balaban J connectivity index is 2.59. The molecule has 2 N–H and O–H groups in total. The highest BCUT2D eigenvalue weighted by molar-refractivity contribution is 5.83. The van der Waals surface area contributed by atoms with Gasteiger partial charge in [-0.2, -0.15) is 0 Å². The van der Waals surface area contributed by atoms with Crippen molar-refractivity contribution in [3.63, 3.8) is 0 Å². The second kappa shape index (κ2) is 6.42. The van der Waals surface area contributed by atoms with Gasteiger partial charge in [-0.25, -0.2) is 9.59 Å². The van der Waals surface area contributed by atoms with Crippen molar-refractivity contribution in [3.05, 3.63) is 12.7 Å². The van der Waals surface area contributed by atoms with Crippen molar-refractivity contribution in [1.29, 1.82) is 0 Å². The van der Waals surface area contributed by atoms with E-state index < -0.39 is 12.0 Å². The second-order valence-electron chi connectivity index (χ2n) is 5.14. The van der Waals surface area contributed by atoms with Gasteiger partial charge >= 0.3 is 12.0 Å². The minimum Gasteiger partial charge on any atom is -0.480 e. The van der Waals surface area contributed by atoms with E-state index in [4.69, 9.17) is 5.11 Å². The van der Waals surface area contributed by atoms with Gasteiger partial charge in [0.05, 0.1) is 0 Å². The lowest BCUT2D eigenvalue weighted by molar-refractivity contribution is -0.139. The maximum atomic E-state index is 12.1. The number of urea groups is 1. The zero-order valence-electron chi connectivity index (χ0n) is 11.1. The molecule has 2 amide bonds. The van der Waals surface area contributed by atoms with E-state index in [1.807, 2.05) is 13.8 Å². The lowest BCUT2D eigenvalue weighted by atomic mass is 10.2.